The van der Waals surface area contributed by atoms with Crippen molar-refractivity contribution in [1.29, 1.82) is 5.26 Å². The molecule has 7 heteroatoms. The van der Waals surface area contributed by atoms with Crippen LogP contribution in [0.1, 0.15) is 43.2 Å². The lowest BCUT2D eigenvalue weighted by Gasteiger charge is -2.41. The number of hydrogen-bond donors (Lipinski definition) is 0. The van der Waals surface area contributed by atoms with E-state index in [1.54, 1.807) is 17.5 Å². The first-order valence-electron chi connectivity index (χ1n) is 10.8. The topological polar surface area (TPSA) is 69.5 Å². The molecule has 1 aromatic carbocycles. The van der Waals surface area contributed by atoms with Gasteiger partial charge in [0.1, 0.15) is 6.10 Å². The summed E-state index contributed by atoms with van der Waals surface area (Å²) in [6, 6.07) is 10.2. The van der Waals surface area contributed by atoms with Crippen LogP contribution in [-0.4, -0.2) is 59.0 Å². The molecule has 2 aromatic rings. The predicted molar refractivity (Wildman–Crippen MR) is 116 cm³/mol. The molecule has 30 heavy (non-hydrogen) atoms. The summed E-state index contributed by atoms with van der Waals surface area (Å²) in [6.07, 6.45) is 7.53. The van der Waals surface area contributed by atoms with Crippen LogP contribution in [0, 0.1) is 11.3 Å². The molecule has 3 heterocycles. The van der Waals surface area contributed by atoms with Gasteiger partial charge in [-0.25, -0.2) is 4.98 Å². The van der Waals surface area contributed by atoms with Crippen molar-refractivity contribution >= 4 is 17.2 Å². The fourth-order valence-corrected chi connectivity index (χ4v) is 4.96. The van der Waals surface area contributed by atoms with Crippen molar-refractivity contribution in [1.82, 2.24) is 14.8 Å². The van der Waals surface area contributed by atoms with Crippen molar-refractivity contribution in [3.05, 3.63) is 47.0 Å². The van der Waals surface area contributed by atoms with Gasteiger partial charge in [-0.2, -0.15) is 5.26 Å². The summed E-state index contributed by atoms with van der Waals surface area (Å²) in [6.45, 7) is 3.83. The Morgan fingerprint density at radius 2 is 1.87 bits per heavy atom. The average molecular weight is 425 g/mol. The summed E-state index contributed by atoms with van der Waals surface area (Å²) in [5.41, 5.74) is 1.77. The predicted octanol–water partition coefficient (Wildman–Crippen LogP) is 3.48. The monoisotopic (exact) mass is 424 g/mol. The number of aryl methyl sites for hydroxylation is 1. The number of benzene rings is 1. The highest BCUT2D eigenvalue weighted by molar-refractivity contribution is 7.11. The van der Waals surface area contributed by atoms with Gasteiger partial charge in [-0.3, -0.25) is 9.69 Å². The number of piperidine rings is 2. The third-order valence-electron chi connectivity index (χ3n) is 6.20. The third-order valence-corrected chi connectivity index (χ3v) is 6.86. The van der Waals surface area contributed by atoms with Crippen LogP contribution in [0.25, 0.3) is 0 Å². The summed E-state index contributed by atoms with van der Waals surface area (Å²) in [4.78, 5) is 21.4. The van der Waals surface area contributed by atoms with E-state index in [1.165, 1.54) is 0 Å². The minimum atomic E-state index is 0.244. The molecule has 0 atom stereocenters. The number of likely N-dealkylation sites (tertiary alicyclic amines) is 2. The molecule has 0 bridgehead atoms. The highest BCUT2D eigenvalue weighted by atomic mass is 32.1. The van der Waals surface area contributed by atoms with Crippen LogP contribution in [0.15, 0.2) is 35.8 Å². The van der Waals surface area contributed by atoms with Crippen molar-refractivity contribution in [3.8, 4) is 11.3 Å². The molecule has 4 rings (SSSR count). The van der Waals surface area contributed by atoms with Crippen LogP contribution in [0.5, 0.6) is 5.19 Å². The molecule has 0 radical (unpaired) electrons. The fourth-order valence-electron chi connectivity index (χ4n) is 4.41. The van der Waals surface area contributed by atoms with E-state index >= 15 is 0 Å². The smallest absolute Gasteiger partial charge is 0.273 e. The minimum Gasteiger partial charge on any atom is -0.467 e. The first kappa shape index (κ1) is 20.8. The van der Waals surface area contributed by atoms with E-state index in [9.17, 15) is 4.79 Å². The van der Waals surface area contributed by atoms with Gasteiger partial charge in [-0.05, 0) is 49.8 Å². The number of aromatic nitrogens is 1. The van der Waals surface area contributed by atoms with E-state index in [-0.39, 0.29) is 12.0 Å². The Hall–Kier alpha value is -2.43. The molecular weight excluding hydrogens is 396 g/mol. The summed E-state index contributed by atoms with van der Waals surface area (Å²) in [7, 11) is 0. The van der Waals surface area contributed by atoms with E-state index in [4.69, 9.17) is 10.00 Å². The number of ether oxygens (including phenoxy) is 1. The minimum absolute atomic E-state index is 0.244. The molecule has 1 amide bonds. The van der Waals surface area contributed by atoms with E-state index in [0.29, 0.717) is 18.0 Å². The summed E-state index contributed by atoms with van der Waals surface area (Å²) in [5.74, 6) is 0.244. The molecule has 2 aliphatic heterocycles. The largest absolute Gasteiger partial charge is 0.467 e. The normalized spacial score (nSPS) is 18.8. The van der Waals surface area contributed by atoms with Crippen LogP contribution in [0.4, 0.5) is 0 Å². The molecule has 0 unspecified atom stereocenters. The molecule has 0 saturated carbocycles. The van der Waals surface area contributed by atoms with E-state index in [1.807, 2.05) is 34.5 Å². The van der Waals surface area contributed by atoms with Crippen molar-refractivity contribution in [2.24, 2.45) is 0 Å². The van der Waals surface area contributed by atoms with Crippen molar-refractivity contribution < 1.29 is 9.53 Å². The van der Waals surface area contributed by atoms with Crippen molar-refractivity contribution in [2.45, 2.75) is 50.7 Å². The Morgan fingerprint density at radius 3 is 2.50 bits per heavy atom. The number of nitriles is 1. The van der Waals surface area contributed by atoms with E-state index < -0.39 is 0 Å². The maximum absolute atomic E-state index is 12.6. The Balaban J connectivity index is 1.16. The van der Waals surface area contributed by atoms with Gasteiger partial charge in [0.25, 0.3) is 5.19 Å². The van der Waals surface area contributed by atoms with Gasteiger partial charge >= 0.3 is 0 Å². The Morgan fingerprint density at radius 1 is 1.13 bits per heavy atom. The number of nitrogens with zero attached hydrogens (tertiary/aromatic N) is 4. The second-order valence-electron chi connectivity index (χ2n) is 8.07. The van der Waals surface area contributed by atoms with Crippen LogP contribution in [-0.2, 0) is 11.2 Å². The zero-order valence-corrected chi connectivity index (χ0v) is 18.0. The fraction of sp³-hybridized carbons (Fsp3) is 0.522. The zero-order valence-electron chi connectivity index (χ0n) is 17.2. The van der Waals surface area contributed by atoms with Gasteiger partial charge < -0.3 is 9.64 Å². The molecule has 2 fully saturated rings. The molecular formula is C23H28N4O2S. The Kier molecular flexibility index (Phi) is 6.98. The standard InChI is InChI=1S/C23H28N4O2S/c24-17-19-3-1-18(2-4-19)5-6-22(28)27-12-7-20(8-13-27)26-14-9-21(10-15-26)29-23-25-11-16-30-23/h1-4,11,16,20-21H,5-10,12-15H2. The summed E-state index contributed by atoms with van der Waals surface area (Å²) < 4.78 is 5.97. The number of thiazole rings is 1. The van der Waals surface area contributed by atoms with Gasteiger partial charge in [0.2, 0.25) is 5.91 Å². The maximum Gasteiger partial charge on any atom is 0.273 e. The van der Waals surface area contributed by atoms with Crippen LogP contribution < -0.4 is 4.74 Å². The Labute approximate surface area is 182 Å². The van der Waals surface area contributed by atoms with Gasteiger partial charge in [0, 0.05) is 50.2 Å². The lowest BCUT2D eigenvalue weighted by Crippen LogP contribution is -2.50. The van der Waals surface area contributed by atoms with Gasteiger partial charge in [0.05, 0.1) is 11.6 Å². The van der Waals surface area contributed by atoms with Gasteiger partial charge in [-0.15, -0.1) is 0 Å². The van der Waals surface area contributed by atoms with Crippen molar-refractivity contribution in [2.75, 3.05) is 26.2 Å². The van der Waals surface area contributed by atoms with Crippen LogP contribution in [0.3, 0.4) is 0 Å². The number of hydrogen-bond acceptors (Lipinski definition) is 6. The zero-order chi connectivity index (χ0) is 20.8. The van der Waals surface area contributed by atoms with Crippen LogP contribution >= 0.6 is 11.3 Å². The second-order valence-corrected chi connectivity index (χ2v) is 8.93. The molecule has 158 valence electrons. The Bertz CT molecular complexity index is 846. The SMILES string of the molecule is N#Cc1ccc(CCC(=O)N2CCC(N3CCC(Oc4nccs4)CC3)CC2)cc1. The van der Waals surface area contributed by atoms with Crippen molar-refractivity contribution in [3.63, 3.8) is 0 Å². The van der Waals surface area contributed by atoms with Crippen LogP contribution in [0.2, 0.25) is 0 Å². The molecule has 2 aliphatic rings. The van der Waals surface area contributed by atoms with E-state index in [0.717, 1.165) is 69.0 Å². The molecule has 0 aliphatic carbocycles. The van der Waals surface area contributed by atoms with Gasteiger partial charge in [0.15, 0.2) is 0 Å². The average Bonchev–Trinajstić information content (AvgIpc) is 3.31. The lowest BCUT2D eigenvalue weighted by atomic mass is 9.98. The summed E-state index contributed by atoms with van der Waals surface area (Å²) >= 11 is 1.56. The second kappa shape index (κ2) is 10.1. The van der Waals surface area contributed by atoms with Gasteiger partial charge in [-0.1, -0.05) is 23.5 Å². The van der Waals surface area contributed by atoms with E-state index in [2.05, 4.69) is 16.0 Å². The molecule has 0 N–H and O–H groups in total. The molecule has 0 spiro atoms. The number of amides is 1. The number of carbonyl (C=O) groups is 1. The quantitative estimate of drug-likeness (QED) is 0.710. The molecule has 2 saturated heterocycles. The molecule has 6 nitrogen and oxygen atoms in total. The highest BCUT2D eigenvalue weighted by Crippen LogP contribution is 2.25. The molecule has 1 aromatic heterocycles. The third kappa shape index (κ3) is 5.38. The highest BCUT2D eigenvalue weighted by Gasteiger charge is 2.30. The number of rotatable bonds is 6. The first-order chi connectivity index (χ1) is 14.7. The maximum atomic E-state index is 12.6. The summed E-state index contributed by atoms with van der Waals surface area (Å²) in [5, 5.41) is 11.6. The number of carbonyl (C=O) groups excluding carboxylic acids is 1. The first-order valence-corrected chi connectivity index (χ1v) is 11.7. The lowest BCUT2D eigenvalue weighted by molar-refractivity contribution is -0.132.